The number of hydrogen-bond acceptors (Lipinski definition) is 14. The molecule has 1 unspecified atom stereocenters. The van der Waals surface area contributed by atoms with Gasteiger partial charge in [0, 0.05) is 44.0 Å². The lowest BCUT2D eigenvalue weighted by atomic mass is 10.0. The molecule has 1 fully saturated rings. The van der Waals surface area contributed by atoms with Crippen molar-refractivity contribution in [3.8, 4) is 0 Å². The summed E-state index contributed by atoms with van der Waals surface area (Å²) < 4.78 is 0. The first-order chi connectivity index (χ1) is 19.6. The molecule has 0 aromatic carbocycles. The number of β-lactam (4-membered cyclic amide) rings is 1. The molecule has 2 aliphatic rings. The summed E-state index contributed by atoms with van der Waals surface area (Å²) in [5.41, 5.74) is 10.3. The summed E-state index contributed by atoms with van der Waals surface area (Å²) in [6.45, 7) is 0. The quantitative estimate of drug-likeness (QED) is 0.0212. The fourth-order valence-corrected chi connectivity index (χ4v) is 7.94. The van der Waals surface area contributed by atoms with Crippen LogP contribution in [-0.2, 0) is 19.2 Å². The summed E-state index contributed by atoms with van der Waals surface area (Å²) in [5.74, 6) is -2.63. The molecular formula is C21H22N10O6S4. The Hall–Kier alpha value is -4.01. The predicted molar refractivity (Wildman–Crippen MR) is 153 cm³/mol. The van der Waals surface area contributed by atoms with Gasteiger partial charge in [-0.1, -0.05) is 16.9 Å². The van der Waals surface area contributed by atoms with Crippen LogP contribution >= 0.6 is 46.6 Å². The second-order valence-electron chi connectivity index (χ2n) is 8.09. The molecule has 0 aliphatic carbocycles. The van der Waals surface area contributed by atoms with E-state index in [1.54, 1.807) is 12.3 Å². The standard InChI is InChI=1S/C21H22N10O6S4/c22-20(23)28-12(26-7-32)6-38-10-3-25-2-1-9(10)41-11-5-39-18-14(17(34)31(18)15(11)19(35)36)29-16(33)13(30-37)8-4-40-21(24)27-8/h1-4,7,12,14,18,37H,5-6H2,(H2,24,27)(H,26,32)(H,29,33)(H,35,36)(H4,22,23,28)/b30-13-/t12?,14-,18+/m1/s1. The second kappa shape index (κ2) is 13.1. The molecule has 4 rings (SSSR count). The van der Waals surface area contributed by atoms with Gasteiger partial charge in [-0.15, -0.1) is 34.9 Å². The topological polar surface area (TPSA) is 262 Å². The fraction of sp³-hybridized carbons (Fsp3) is 0.238. The molecule has 3 atom stereocenters. The molecule has 1 saturated heterocycles. The maximum absolute atomic E-state index is 13.1. The van der Waals surface area contributed by atoms with Gasteiger partial charge in [-0.2, -0.15) is 0 Å². The Morgan fingerprint density at radius 1 is 1.39 bits per heavy atom. The number of carbonyl (C=O) groups is 4. The Morgan fingerprint density at radius 2 is 2.17 bits per heavy atom. The third-order valence-corrected chi connectivity index (χ3v) is 10.0. The predicted octanol–water partition coefficient (Wildman–Crippen LogP) is -0.566. The largest absolute Gasteiger partial charge is 0.477 e. The van der Waals surface area contributed by atoms with Crippen LogP contribution in [-0.4, -0.2) is 90.1 Å². The van der Waals surface area contributed by atoms with E-state index < -0.39 is 41.1 Å². The van der Waals surface area contributed by atoms with Gasteiger partial charge in [0.05, 0.1) is 0 Å². The lowest BCUT2D eigenvalue weighted by Gasteiger charge is -2.49. The lowest BCUT2D eigenvalue weighted by Crippen LogP contribution is -2.71. The molecule has 0 saturated carbocycles. The Labute approximate surface area is 248 Å². The van der Waals surface area contributed by atoms with Gasteiger partial charge in [0.15, 0.2) is 16.8 Å². The number of aliphatic carboxylic acids is 1. The van der Waals surface area contributed by atoms with Crippen LogP contribution in [0.2, 0.25) is 0 Å². The number of carboxylic acid groups (broad SMARTS) is 1. The number of anilines is 1. The first kappa shape index (κ1) is 30.0. The van der Waals surface area contributed by atoms with Crippen molar-refractivity contribution in [3.05, 3.63) is 40.1 Å². The summed E-state index contributed by atoms with van der Waals surface area (Å²) in [7, 11) is 0. The number of thiazole rings is 1. The number of nitrogens with one attached hydrogen (secondary N) is 4. The number of nitrogens with two attached hydrogens (primary N) is 2. The average Bonchev–Trinajstić information content (AvgIpc) is 3.36. The third-order valence-electron chi connectivity index (χ3n) is 5.49. The number of carbonyl (C=O) groups excluding carboxylic acids is 3. The number of amides is 3. The van der Waals surface area contributed by atoms with Crippen molar-refractivity contribution in [1.82, 2.24) is 30.8 Å². The van der Waals surface area contributed by atoms with Crippen molar-refractivity contribution in [3.63, 3.8) is 0 Å². The van der Waals surface area contributed by atoms with Crippen LogP contribution in [0.4, 0.5) is 5.13 Å². The molecule has 216 valence electrons. The Balaban J connectivity index is 1.50. The zero-order valence-electron chi connectivity index (χ0n) is 20.6. The van der Waals surface area contributed by atoms with Crippen molar-refractivity contribution in [1.29, 1.82) is 5.41 Å². The van der Waals surface area contributed by atoms with E-state index in [-0.39, 0.29) is 34.0 Å². The first-order valence-electron chi connectivity index (χ1n) is 11.3. The molecule has 4 heterocycles. The maximum Gasteiger partial charge on any atom is 0.353 e. The second-order valence-corrected chi connectivity index (χ2v) is 12.3. The molecule has 0 spiro atoms. The highest BCUT2D eigenvalue weighted by molar-refractivity contribution is 8.07. The van der Waals surface area contributed by atoms with Crippen molar-refractivity contribution < 1.29 is 29.5 Å². The van der Waals surface area contributed by atoms with Crippen molar-refractivity contribution >= 4 is 87.6 Å². The molecule has 2 aromatic heterocycles. The third kappa shape index (κ3) is 6.66. The highest BCUT2D eigenvalue weighted by Crippen LogP contribution is 2.46. The van der Waals surface area contributed by atoms with E-state index in [9.17, 15) is 29.5 Å². The van der Waals surface area contributed by atoms with Gasteiger partial charge in [0.2, 0.25) is 6.41 Å². The highest BCUT2D eigenvalue weighted by atomic mass is 32.2. The molecule has 16 nitrogen and oxygen atoms in total. The zero-order valence-corrected chi connectivity index (χ0v) is 23.9. The van der Waals surface area contributed by atoms with E-state index in [0.29, 0.717) is 21.1 Å². The summed E-state index contributed by atoms with van der Waals surface area (Å²) in [4.78, 5) is 59.9. The summed E-state index contributed by atoms with van der Waals surface area (Å²) in [5, 5.41) is 38.2. The van der Waals surface area contributed by atoms with E-state index in [1.165, 1.54) is 35.1 Å². The van der Waals surface area contributed by atoms with Crippen molar-refractivity contribution in [2.75, 3.05) is 17.2 Å². The molecule has 2 aliphatic heterocycles. The van der Waals surface area contributed by atoms with Gasteiger partial charge in [-0.05, 0) is 6.07 Å². The minimum atomic E-state index is -1.31. The smallest absolute Gasteiger partial charge is 0.353 e. The van der Waals surface area contributed by atoms with E-state index in [0.717, 1.165) is 28.0 Å². The molecule has 0 radical (unpaired) electrons. The van der Waals surface area contributed by atoms with Gasteiger partial charge in [-0.25, -0.2) is 9.78 Å². The molecule has 0 bridgehead atoms. The number of oxime groups is 1. The van der Waals surface area contributed by atoms with Crippen LogP contribution in [0.25, 0.3) is 0 Å². The zero-order chi connectivity index (χ0) is 29.7. The van der Waals surface area contributed by atoms with E-state index >= 15 is 0 Å². The number of hydrogen-bond donors (Lipinski definition) is 8. The van der Waals surface area contributed by atoms with Crippen molar-refractivity contribution in [2.45, 2.75) is 27.4 Å². The summed E-state index contributed by atoms with van der Waals surface area (Å²) >= 11 is 4.76. The van der Waals surface area contributed by atoms with Gasteiger partial charge in [0.1, 0.15) is 29.0 Å². The number of nitrogens with zero attached hydrogens (tertiary/aromatic N) is 4. The Kier molecular flexibility index (Phi) is 9.57. The number of thioether (sulfide) groups is 3. The van der Waals surface area contributed by atoms with Crippen molar-refractivity contribution in [2.24, 2.45) is 10.9 Å². The first-order valence-corrected chi connectivity index (χ1v) is 15.1. The van der Waals surface area contributed by atoms with E-state index in [1.807, 2.05) is 0 Å². The maximum atomic E-state index is 13.1. The molecule has 3 amide bonds. The van der Waals surface area contributed by atoms with E-state index in [4.69, 9.17) is 16.9 Å². The summed E-state index contributed by atoms with van der Waals surface area (Å²) in [6.07, 6.45) is 2.96. The van der Waals surface area contributed by atoms with Crippen LogP contribution in [0, 0.1) is 5.41 Å². The Bertz CT molecular complexity index is 1450. The number of rotatable bonds is 12. The number of fused-ring (bicyclic) bond motifs is 1. The minimum Gasteiger partial charge on any atom is -0.477 e. The molecule has 10 N–H and O–H groups in total. The van der Waals surface area contributed by atoms with Gasteiger partial charge in [-0.3, -0.25) is 29.7 Å². The monoisotopic (exact) mass is 638 g/mol. The van der Waals surface area contributed by atoms with E-state index in [2.05, 4.69) is 31.1 Å². The van der Waals surface area contributed by atoms with Crippen LogP contribution in [0.1, 0.15) is 5.69 Å². The number of carboxylic acids is 1. The summed E-state index contributed by atoms with van der Waals surface area (Å²) in [6, 6.07) is 0.642. The number of nitrogen functional groups attached to an aromatic ring is 1. The Morgan fingerprint density at radius 3 is 2.80 bits per heavy atom. The van der Waals surface area contributed by atoms with Crippen LogP contribution in [0.5, 0.6) is 0 Å². The fourth-order valence-electron chi connectivity index (χ4n) is 3.76. The lowest BCUT2D eigenvalue weighted by molar-refractivity contribution is -0.150. The molecule has 41 heavy (non-hydrogen) atoms. The van der Waals surface area contributed by atoms with Crippen LogP contribution in [0.3, 0.4) is 0 Å². The molecule has 20 heteroatoms. The normalized spacial score (nSPS) is 19.1. The van der Waals surface area contributed by atoms with Crippen LogP contribution in [0.15, 0.2) is 49.4 Å². The van der Waals surface area contributed by atoms with Gasteiger partial charge < -0.3 is 37.7 Å². The van der Waals surface area contributed by atoms with Gasteiger partial charge in [0.25, 0.3) is 11.8 Å². The van der Waals surface area contributed by atoms with Crippen LogP contribution < -0.4 is 27.4 Å². The number of aromatic nitrogens is 2. The SMILES string of the molecule is N=C(N)NC(CSc1cnccc1SC1=C(C(=O)O)N2C(=O)[C@@H](NC(=O)/C(=N\O)c3csc(N)n3)[C@@H]2SC1)NC=O. The molecular weight excluding hydrogens is 617 g/mol. The molecule has 2 aromatic rings. The minimum absolute atomic E-state index is 0.0357. The highest BCUT2D eigenvalue weighted by Gasteiger charge is 2.54. The number of pyridine rings is 1. The average molecular weight is 639 g/mol. The number of guanidine groups is 1. The van der Waals surface area contributed by atoms with Gasteiger partial charge >= 0.3 is 5.97 Å².